The molecule has 3 saturated heterocycles. The Morgan fingerprint density at radius 1 is 0.624 bits per heavy atom. The number of carboxylic acid groups (broad SMARTS) is 2. The Balaban J connectivity index is 1.54. The summed E-state index contributed by atoms with van der Waals surface area (Å²) in [5.41, 5.74) is 12.8. The van der Waals surface area contributed by atoms with Gasteiger partial charge in [0.25, 0.3) is 0 Å². The average Bonchev–Trinajstić information content (AvgIpc) is 4.09. The number of phenolic OH excluding ortho intramolecular Hbond substituents is 2. The minimum absolute atomic E-state index is 0.0998. The van der Waals surface area contributed by atoms with Gasteiger partial charge in [-0.05, 0) is 92.7 Å². The zero-order valence-corrected chi connectivity index (χ0v) is 48.9. The van der Waals surface area contributed by atoms with Gasteiger partial charge in [0.2, 0.25) is 53.2 Å². The number of guanidine groups is 1. The number of aliphatic hydroxyl groups is 1. The number of aliphatic carboxylic acids is 2. The average molecular weight is 1230 g/mol. The summed E-state index contributed by atoms with van der Waals surface area (Å²) in [6.07, 6.45) is -0.470. The fourth-order valence-corrected chi connectivity index (χ4v) is 12.0. The highest BCUT2D eigenvalue weighted by Gasteiger charge is 2.40. The number of nitrogens with one attached hydrogen (secondary N) is 9. The second kappa shape index (κ2) is 32.4. The molecule has 466 valence electrons. The number of aliphatic hydroxyl groups excluding tert-OH is 1. The van der Waals surface area contributed by atoms with Gasteiger partial charge < -0.3 is 89.3 Å². The Bertz CT molecular complexity index is 2740. The van der Waals surface area contributed by atoms with Crippen LogP contribution in [0.3, 0.4) is 0 Å². The van der Waals surface area contributed by atoms with E-state index in [1.165, 1.54) is 60.4 Å². The number of fused-ring (bicyclic) bond motifs is 1. The largest absolute Gasteiger partial charge is 0.508 e. The number of rotatable bonds is 12. The van der Waals surface area contributed by atoms with Gasteiger partial charge in [0, 0.05) is 44.0 Å². The molecule has 3 heterocycles. The second-order valence-electron chi connectivity index (χ2n) is 21.6. The van der Waals surface area contributed by atoms with Gasteiger partial charge in [-0.3, -0.25) is 53.4 Å². The number of carboxylic acids is 2. The molecule has 0 radical (unpaired) electrons. The van der Waals surface area contributed by atoms with Crippen LogP contribution in [0.1, 0.15) is 76.8 Å². The summed E-state index contributed by atoms with van der Waals surface area (Å²) in [4.78, 5) is 155. The van der Waals surface area contributed by atoms with Gasteiger partial charge in [0.05, 0.1) is 19.1 Å². The zero-order valence-electron chi connectivity index (χ0n) is 47.2. The third kappa shape index (κ3) is 21.0. The number of hydrogen-bond donors (Lipinski definition) is 16. The third-order valence-corrected chi connectivity index (χ3v) is 16.9. The summed E-state index contributed by atoms with van der Waals surface area (Å²) in [5, 5.41) is 78.6. The number of carbonyl (C=O) groups is 11. The first-order valence-corrected chi connectivity index (χ1v) is 30.2. The maximum atomic E-state index is 14.8. The Morgan fingerprint density at radius 2 is 1.09 bits per heavy atom. The number of likely N-dealkylation sites (tertiary alicyclic amines) is 1. The molecule has 85 heavy (non-hydrogen) atoms. The van der Waals surface area contributed by atoms with Crippen LogP contribution in [-0.2, 0) is 65.6 Å². The highest BCUT2D eigenvalue weighted by atomic mass is 33.1. The molecule has 0 bridgehead atoms. The molecule has 3 fully saturated rings. The summed E-state index contributed by atoms with van der Waals surface area (Å²) in [7, 11) is 1.87. The summed E-state index contributed by atoms with van der Waals surface area (Å²) in [5.74, 6) is -13.2. The highest BCUT2D eigenvalue weighted by molar-refractivity contribution is 8.76. The lowest BCUT2D eigenvalue weighted by Crippen LogP contribution is -2.61. The van der Waals surface area contributed by atoms with Crippen LogP contribution in [0, 0.1) is 17.2 Å². The molecule has 31 heteroatoms. The van der Waals surface area contributed by atoms with Crippen LogP contribution in [0.4, 0.5) is 0 Å². The number of nitrogens with zero attached hydrogens (tertiary/aromatic N) is 2. The van der Waals surface area contributed by atoms with Gasteiger partial charge in [-0.2, -0.15) is 0 Å². The molecule has 3 aliphatic rings. The van der Waals surface area contributed by atoms with E-state index in [2.05, 4.69) is 42.5 Å². The Labute approximate surface area is 497 Å². The predicted molar refractivity (Wildman–Crippen MR) is 310 cm³/mol. The lowest BCUT2D eigenvalue weighted by Gasteiger charge is -2.34. The van der Waals surface area contributed by atoms with Crippen molar-refractivity contribution in [2.45, 2.75) is 139 Å². The number of phenols is 2. The van der Waals surface area contributed by atoms with Crippen LogP contribution < -0.4 is 54.0 Å². The highest BCUT2D eigenvalue weighted by Crippen LogP contribution is 2.26. The first-order valence-electron chi connectivity index (χ1n) is 27.7. The summed E-state index contributed by atoms with van der Waals surface area (Å²) >= 11 is 0. The van der Waals surface area contributed by atoms with E-state index in [4.69, 9.17) is 16.9 Å². The fourth-order valence-electron chi connectivity index (χ4n) is 9.71. The minimum Gasteiger partial charge on any atom is -0.508 e. The van der Waals surface area contributed by atoms with Crippen LogP contribution in [0.5, 0.6) is 11.5 Å². The molecule has 0 spiro atoms. The number of carbonyl (C=O) groups excluding carboxylic acids is 9. The lowest BCUT2D eigenvalue weighted by molar-refractivity contribution is -0.143. The van der Waals surface area contributed by atoms with Crippen molar-refractivity contribution in [1.29, 1.82) is 5.41 Å². The van der Waals surface area contributed by atoms with Crippen LogP contribution in [0.2, 0.25) is 0 Å². The van der Waals surface area contributed by atoms with Gasteiger partial charge in [-0.25, -0.2) is 4.79 Å². The van der Waals surface area contributed by atoms with Gasteiger partial charge in [0.1, 0.15) is 65.9 Å². The monoisotopic (exact) mass is 1230 g/mol. The lowest BCUT2D eigenvalue weighted by atomic mass is 9.89. The quantitative estimate of drug-likeness (QED) is 0.0575. The molecule has 2 aromatic carbocycles. The van der Waals surface area contributed by atoms with E-state index in [-0.39, 0.29) is 79.4 Å². The van der Waals surface area contributed by atoms with E-state index >= 15 is 0 Å². The molecular weight excluding hydrogens is 1150 g/mol. The maximum Gasteiger partial charge on any atom is 0.327 e. The van der Waals surface area contributed by atoms with Crippen molar-refractivity contribution < 1.29 is 78.3 Å². The maximum absolute atomic E-state index is 14.8. The van der Waals surface area contributed by atoms with E-state index in [1.54, 1.807) is 18.7 Å². The van der Waals surface area contributed by atoms with Crippen molar-refractivity contribution in [3.8, 4) is 11.5 Å². The van der Waals surface area contributed by atoms with Crippen molar-refractivity contribution in [2.75, 3.05) is 37.7 Å². The molecule has 0 aromatic heterocycles. The van der Waals surface area contributed by atoms with E-state index in [0.29, 0.717) is 43.5 Å². The van der Waals surface area contributed by atoms with Crippen molar-refractivity contribution in [3.05, 3.63) is 59.7 Å². The molecule has 0 unspecified atom stereocenters. The molecular formula is C54H77N13O16S2. The number of aromatic hydroxyl groups is 2. The molecule has 2 aromatic rings. The molecule has 0 saturated carbocycles. The topological polar surface area (TPSA) is 468 Å². The smallest absolute Gasteiger partial charge is 0.327 e. The summed E-state index contributed by atoms with van der Waals surface area (Å²) in [6, 6.07) is -3.98. The van der Waals surface area contributed by atoms with Crippen molar-refractivity contribution in [3.63, 3.8) is 0 Å². The second-order valence-corrected chi connectivity index (χ2v) is 24.1. The molecule has 3 aliphatic heterocycles. The molecule has 9 amide bonds. The first kappa shape index (κ1) is 67.9. The number of hydrogen-bond acceptors (Lipinski definition) is 18. The van der Waals surface area contributed by atoms with Gasteiger partial charge in [-0.15, -0.1) is 0 Å². The van der Waals surface area contributed by atoms with E-state index in [9.17, 15) is 78.3 Å². The zero-order chi connectivity index (χ0) is 62.7. The van der Waals surface area contributed by atoms with Crippen LogP contribution >= 0.6 is 21.6 Å². The van der Waals surface area contributed by atoms with Crippen LogP contribution in [0.25, 0.3) is 0 Å². The SMILES string of the molecule is CC(C)C[C@@H]1NC(=O)[C@H](Cc2ccc(O)cc2)NC(=O)[C@H](CC2CCN(C(=N)N)CC2)NC(=O)[C@H](CO)NC(=O)[C@H](Cc2ccc(O)cc2)NC(=O)[C@H](C)NC(=O)[C@@H]2CCCN2C(=O)[C@@H](N)CSSC[C@@H](C(=O)O)NC(=O)[C@H](CC(=O)O)NC1=O. The van der Waals surface area contributed by atoms with E-state index in [0.717, 1.165) is 21.6 Å². The van der Waals surface area contributed by atoms with Gasteiger partial charge in [0.15, 0.2) is 5.96 Å². The van der Waals surface area contributed by atoms with Crippen molar-refractivity contribution >= 4 is 92.7 Å². The van der Waals surface area contributed by atoms with Gasteiger partial charge >= 0.3 is 11.9 Å². The minimum atomic E-state index is -1.89. The van der Waals surface area contributed by atoms with Gasteiger partial charge in [-0.1, -0.05) is 59.7 Å². The first-order chi connectivity index (χ1) is 40.2. The van der Waals surface area contributed by atoms with Crippen LogP contribution in [-0.4, -0.2) is 205 Å². The normalized spacial score (nSPS) is 26.6. The Morgan fingerprint density at radius 3 is 1.62 bits per heavy atom. The van der Waals surface area contributed by atoms with Crippen molar-refractivity contribution in [2.24, 2.45) is 23.3 Å². The third-order valence-electron chi connectivity index (χ3n) is 14.4. The van der Waals surface area contributed by atoms with E-state index in [1.807, 2.05) is 0 Å². The molecule has 0 aliphatic carbocycles. The summed E-state index contributed by atoms with van der Waals surface area (Å²) in [6.45, 7) is 4.40. The number of amides is 9. The molecule has 5 rings (SSSR count). The number of piperidine rings is 1. The summed E-state index contributed by atoms with van der Waals surface area (Å²) < 4.78 is 0. The molecule has 29 nitrogen and oxygen atoms in total. The Hall–Kier alpha value is -7.90. The standard InChI is InChI=1S/C54H77N13O16S2/c1-27(2)19-35-45(74)63-39(23-43(71)72)49(78)65-41(53(82)83)26-85-84-25-34(55)52(81)67-16-4-5-42(67)51(80)58-28(3)44(73)59-36(20-29-6-10-32(69)11-7-29)48(77)64-40(24-68)50(79)62-38(22-31-14-17-66(18-15-31)54(56)57)47(76)61-37(46(75)60-35)21-30-8-12-33(70)13-9-30/h6-13,27-28,31,34-42,68-70H,4-5,14-26,55H2,1-3H3,(H3,56,57)(H,58,80)(H,59,73)(H,60,75)(H,61,76)(H,62,79)(H,63,74)(H,64,77)(H,65,78)(H,71,72)(H,82,83)/t28-,34-,35-,36-,37-,38-,39-,40-,41-,42-/m0/s1. The molecule has 10 atom stereocenters. The number of nitrogens with two attached hydrogens (primary N) is 2. The predicted octanol–water partition coefficient (Wildman–Crippen LogP) is -2.91. The van der Waals surface area contributed by atoms with Crippen LogP contribution in [0.15, 0.2) is 48.5 Å². The van der Waals surface area contributed by atoms with Crippen molar-refractivity contribution in [1.82, 2.24) is 52.3 Å². The fraction of sp³-hybridized carbons (Fsp3) is 0.556. The Kier molecular flexibility index (Phi) is 25.9. The van der Waals surface area contributed by atoms with E-state index < -0.39 is 139 Å². The molecule has 18 N–H and O–H groups in total. The number of benzene rings is 2.